The van der Waals surface area contributed by atoms with E-state index in [4.69, 9.17) is 16.3 Å². The molecule has 0 aliphatic carbocycles. The molecule has 0 radical (unpaired) electrons. The summed E-state index contributed by atoms with van der Waals surface area (Å²) >= 11 is 7.89. The molecule has 3 N–H and O–H groups in total. The normalized spacial score (nSPS) is 20.6. The number of allylic oxidation sites excluding steroid dienone is 1. The lowest BCUT2D eigenvalue weighted by Gasteiger charge is -2.45. The maximum Gasteiger partial charge on any atom is 0.437 e. The van der Waals surface area contributed by atoms with Crippen molar-refractivity contribution in [2.24, 2.45) is 5.92 Å². The summed E-state index contributed by atoms with van der Waals surface area (Å²) in [4.78, 5) is 26.2. The second-order valence-electron chi connectivity index (χ2n) is 8.86. The summed E-state index contributed by atoms with van der Waals surface area (Å²) in [6.45, 7) is 2.29. The van der Waals surface area contributed by atoms with Crippen molar-refractivity contribution in [1.82, 2.24) is 5.32 Å². The van der Waals surface area contributed by atoms with Crippen LogP contribution >= 0.6 is 34.7 Å². The van der Waals surface area contributed by atoms with Gasteiger partial charge in [0.15, 0.2) is 5.78 Å². The second kappa shape index (κ2) is 12.6. The van der Waals surface area contributed by atoms with E-state index in [1.54, 1.807) is 30.3 Å². The van der Waals surface area contributed by atoms with E-state index in [2.05, 4.69) is 5.32 Å². The molecule has 0 spiro atoms. The SMILES string of the molecule is CCOc1ccc(NC(=O)CSC2=C(C#N)C(c3ccccc3Cl)C(C(=O)c3cccs3)C(O)(C(F)(F)F)N2)cc1. The number of nitriles is 1. The molecular formula is C28H23ClF3N3O4S2. The van der Waals surface area contributed by atoms with Gasteiger partial charge in [-0.15, -0.1) is 11.3 Å². The fourth-order valence-corrected chi connectivity index (χ4v) is 6.32. The van der Waals surface area contributed by atoms with Gasteiger partial charge in [-0.3, -0.25) is 9.59 Å². The molecule has 3 atom stereocenters. The molecule has 1 aliphatic rings. The minimum Gasteiger partial charge on any atom is -0.494 e. The van der Waals surface area contributed by atoms with E-state index in [0.29, 0.717) is 29.8 Å². The van der Waals surface area contributed by atoms with Gasteiger partial charge in [0.1, 0.15) is 5.75 Å². The fourth-order valence-electron chi connectivity index (χ4n) is 4.46. The third-order valence-corrected chi connectivity index (χ3v) is 8.53. The Morgan fingerprint density at radius 3 is 2.49 bits per heavy atom. The first-order chi connectivity index (χ1) is 19.5. The number of halogens is 4. The molecule has 2 aromatic carbocycles. The molecule has 0 fully saturated rings. The van der Waals surface area contributed by atoms with Gasteiger partial charge in [0.25, 0.3) is 0 Å². The minimum absolute atomic E-state index is 0.0123. The lowest BCUT2D eigenvalue weighted by Crippen LogP contribution is -2.66. The molecule has 7 nitrogen and oxygen atoms in total. The van der Waals surface area contributed by atoms with Gasteiger partial charge in [-0.05, 0) is 54.3 Å². The molecule has 2 heterocycles. The number of hydrogen-bond donors (Lipinski definition) is 3. The number of thiophene rings is 1. The maximum atomic E-state index is 14.6. The monoisotopic (exact) mass is 621 g/mol. The van der Waals surface area contributed by atoms with Gasteiger partial charge >= 0.3 is 6.18 Å². The number of carbonyl (C=O) groups is 2. The van der Waals surface area contributed by atoms with Gasteiger partial charge < -0.3 is 20.5 Å². The van der Waals surface area contributed by atoms with Crippen LogP contribution in [0.5, 0.6) is 5.75 Å². The van der Waals surface area contributed by atoms with Gasteiger partial charge in [0.2, 0.25) is 11.6 Å². The zero-order valence-corrected chi connectivity index (χ0v) is 23.8. The van der Waals surface area contributed by atoms with Crippen LogP contribution in [-0.2, 0) is 4.79 Å². The van der Waals surface area contributed by atoms with E-state index in [-0.39, 0.29) is 21.0 Å². The van der Waals surface area contributed by atoms with E-state index in [9.17, 15) is 33.1 Å². The van der Waals surface area contributed by atoms with Crippen LogP contribution in [0.2, 0.25) is 5.02 Å². The van der Waals surface area contributed by atoms with Crippen molar-refractivity contribution in [1.29, 1.82) is 5.26 Å². The van der Waals surface area contributed by atoms with Crippen LogP contribution in [-0.4, -0.2) is 41.1 Å². The van der Waals surface area contributed by atoms with E-state index in [1.807, 2.05) is 18.3 Å². The largest absolute Gasteiger partial charge is 0.494 e. The third kappa shape index (κ3) is 6.38. The Labute approximate surface area is 247 Å². The van der Waals surface area contributed by atoms with Gasteiger partial charge in [0.05, 0.1) is 39.8 Å². The van der Waals surface area contributed by atoms with Gasteiger partial charge in [0, 0.05) is 16.6 Å². The van der Waals surface area contributed by atoms with Crippen molar-refractivity contribution in [3.05, 3.63) is 92.1 Å². The molecule has 214 valence electrons. The summed E-state index contributed by atoms with van der Waals surface area (Å²) in [5.74, 6) is -5.17. The Kier molecular flexibility index (Phi) is 9.34. The van der Waals surface area contributed by atoms with Gasteiger partial charge in [-0.25, -0.2) is 0 Å². The van der Waals surface area contributed by atoms with Crippen molar-refractivity contribution in [3.8, 4) is 11.8 Å². The second-order valence-corrected chi connectivity index (χ2v) is 11.2. The van der Waals surface area contributed by atoms with Crippen LogP contribution in [0, 0.1) is 17.2 Å². The molecule has 1 aromatic heterocycles. The van der Waals surface area contributed by atoms with Crippen molar-refractivity contribution in [2.45, 2.75) is 24.7 Å². The number of aliphatic hydroxyl groups is 1. The lowest BCUT2D eigenvalue weighted by molar-refractivity contribution is -0.285. The molecule has 0 saturated heterocycles. The maximum absolute atomic E-state index is 14.6. The summed E-state index contributed by atoms with van der Waals surface area (Å²) in [6, 6.07) is 17.1. The van der Waals surface area contributed by atoms with Crippen molar-refractivity contribution >= 4 is 52.1 Å². The molecule has 0 bridgehead atoms. The van der Waals surface area contributed by atoms with E-state index in [0.717, 1.165) is 11.3 Å². The molecule has 0 saturated carbocycles. The molecular weight excluding hydrogens is 599 g/mol. The fraction of sp³-hybridized carbons (Fsp3) is 0.250. The highest BCUT2D eigenvalue weighted by Gasteiger charge is 2.66. The van der Waals surface area contributed by atoms with Crippen LogP contribution in [0.4, 0.5) is 18.9 Å². The number of ether oxygens (including phenoxy) is 1. The number of anilines is 1. The van der Waals surface area contributed by atoms with E-state index >= 15 is 0 Å². The average Bonchev–Trinajstić information content (AvgIpc) is 3.47. The highest BCUT2D eigenvalue weighted by atomic mass is 35.5. The number of ketones is 1. The number of rotatable bonds is 9. The van der Waals surface area contributed by atoms with Crippen molar-refractivity contribution in [3.63, 3.8) is 0 Å². The first-order valence-corrected chi connectivity index (χ1v) is 14.4. The smallest absolute Gasteiger partial charge is 0.437 e. The number of nitrogens with zero attached hydrogens (tertiary/aromatic N) is 1. The van der Waals surface area contributed by atoms with Crippen molar-refractivity contribution in [2.75, 3.05) is 17.7 Å². The Hall–Kier alpha value is -3.50. The number of carbonyl (C=O) groups excluding carboxylic acids is 2. The molecule has 1 amide bonds. The predicted molar refractivity (Wildman–Crippen MR) is 152 cm³/mol. The Balaban J connectivity index is 1.73. The highest BCUT2D eigenvalue weighted by Crippen LogP contribution is 2.52. The van der Waals surface area contributed by atoms with Gasteiger partial charge in [-0.2, -0.15) is 18.4 Å². The number of hydrogen-bond acceptors (Lipinski definition) is 8. The topological polar surface area (TPSA) is 111 Å². The quantitative estimate of drug-likeness (QED) is 0.239. The van der Waals surface area contributed by atoms with Crippen LogP contribution < -0.4 is 15.4 Å². The summed E-state index contributed by atoms with van der Waals surface area (Å²) in [7, 11) is 0. The van der Waals surface area contributed by atoms with Crippen LogP contribution in [0.15, 0.2) is 76.6 Å². The van der Waals surface area contributed by atoms with Gasteiger partial charge in [-0.1, -0.05) is 47.6 Å². The first kappa shape index (κ1) is 30.5. The van der Waals surface area contributed by atoms with E-state index in [1.165, 1.54) is 35.7 Å². The zero-order valence-electron chi connectivity index (χ0n) is 21.4. The lowest BCUT2D eigenvalue weighted by atomic mass is 9.70. The van der Waals surface area contributed by atoms with Crippen molar-refractivity contribution < 1.29 is 32.6 Å². The molecule has 4 rings (SSSR count). The minimum atomic E-state index is -5.36. The summed E-state index contributed by atoms with van der Waals surface area (Å²) in [6.07, 6.45) is -5.36. The number of benzene rings is 2. The molecule has 3 unspecified atom stereocenters. The molecule has 3 aromatic rings. The average molecular weight is 622 g/mol. The van der Waals surface area contributed by atoms with Crippen LogP contribution in [0.3, 0.4) is 0 Å². The zero-order chi connectivity index (χ0) is 29.8. The van der Waals surface area contributed by atoms with E-state index < -0.39 is 46.2 Å². The number of amides is 1. The number of thioether (sulfide) groups is 1. The molecule has 41 heavy (non-hydrogen) atoms. The Morgan fingerprint density at radius 1 is 1.20 bits per heavy atom. The highest BCUT2D eigenvalue weighted by molar-refractivity contribution is 8.03. The molecule has 1 aliphatic heterocycles. The third-order valence-electron chi connectivity index (χ3n) is 6.28. The summed E-state index contributed by atoms with van der Waals surface area (Å²) in [5.41, 5.74) is -3.57. The number of alkyl halides is 3. The predicted octanol–water partition coefficient (Wildman–Crippen LogP) is 6.34. The number of nitrogens with one attached hydrogen (secondary N) is 2. The summed E-state index contributed by atoms with van der Waals surface area (Å²) < 4.78 is 49.3. The first-order valence-electron chi connectivity index (χ1n) is 12.2. The standard InChI is InChI=1S/C28H23ClF3N3O4S2/c1-2-39-17-11-9-16(10-12-17)34-22(36)15-41-26-19(14-33)23(18-6-3-4-7-20(18)29)24(25(37)21-8-5-13-40-21)27(38,35-26)28(30,31)32/h3-13,23-24,35,38H,2,15H2,1H3,(H,34,36). The number of Topliss-reactive ketones (excluding diaryl/α,β-unsaturated/α-hetero) is 1. The summed E-state index contributed by atoms with van der Waals surface area (Å²) in [5, 5.41) is 27.2. The Bertz CT molecular complexity index is 1490. The Morgan fingerprint density at radius 2 is 1.90 bits per heavy atom. The molecule has 13 heteroatoms. The van der Waals surface area contributed by atoms with Crippen LogP contribution in [0.25, 0.3) is 0 Å². The van der Waals surface area contributed by atoms with Crippen LogP contribution in [0.1, 0.15) is 28.1 Å².